The molecule has 13 heavy (non-hydrogen) atoms. The molecule has 1 atom stereocenters. The second-order valence-electron chi connectivity index (χ2n) is 4.45. The van der Waals surface area contributed by atoms with Crippen molar-refractivity contribution in [3.8, 4) is 0 Å². The van der Waals surface area contributed by atoms with E-state index in [2.05, 4.69) is 26.1 Å². The van der Waals surface area contributed by atoms with Gasteiger partial charge in [-0.2, -0.15) is 0 Å². The summed E-state index contributed by atoms with van der Waals surface area (Å²) in [6.45, 7) is 10.9. The summed E-state index contributed by atoms with van der Waals surface area (Å²) in [5, 5.41) is 3.46. The predicted octanol–water partition coefficient (Wildman–Crippen LogP) is 2.05. The van der Waals surface area contributed by atoms with Gasteiger partial charge < -0.3 is 10.1 Å². The molecule has 1 aliphatic heterocycles. The maximum absolute atomic E-state index is 5.60. The highest BCUT2D eigenvalue weighted by Gasteiger charge is 2.35. The Morgan fingerprint density at radius 3 is 2.69 bits per heavy atom. The lowest BCUT2D eigenvalue weighted by Crippen LogP contribution is -2.44. The molecule has 2 heteroatoms. The fourth-order valence-electron chi connectivity index (χ4n) is 2.05. The van der Waals surface area contributed by atoms with Gasteiger partial charge in [-0.3, -0.25) is 0 Å². The molecule has 78 valence electrons. The minimum absolute atomic E-state index is 0.397. The van der Waals surface area contributed by atoms with Crippen LogP contribution in [0.15, 0.2) is 0 Å². The Morgan fingerprint density at radius 2 is 2.23 bits per heavy atom. The zero-order valence-corrected chi connectivity index (χ0v) is 9.23. The molecule has 0 aromatic carbocycles. The fraction of sp³-hybridized carbons (Fsp3) is 1.00. The quantitative estimate of drug-likeness (QED) is 0.724. The van der Waals surface area contributed by atoms with E-state index in [1.165, 1.54) is 12.8 Å². The van der Waals surface area contributed by atoms with Crippen molar-refractivity contribution in [2.45, 2.75) is 33.6 Å². The van der Waals surface area contributed by atoms with Crippen LogP contribution in [0.4, 0.5) is 0 Å². The number of hydrogen-bond acceptors (Lipinski definition) is 2. The van der Waals surface area contributed by atoms with Crippen LogP contribution < -0.4 is 5.32 Å². The van der Waals surface area contributed by atoms with E-state index < -0.39 is 0 Å². The first kappa shape index (κ1) is 11.0. The zero-order chi connectivity index (χ0) is 9.73. The average molecular weight is 185 g/mol. The van der Waals surface area contributed by atoms with Crippen LogP contribution >= 0.6 is 0 Å². The lowest BCUT2D eigenvalue weighted by Gasteiger charge is -2.40. The van der Waals surface area contributed by atoms with E-state index in [9.17, 15) is 0 Å². The lowest BCUT2D eigenvalue weighted by atomic mass is 9.73. The SMILES string of the molecule is CCNCC1(C(C)C)CCCOC1. The van der Waals surface area contributed by atoms with Crippen molar-refractivity contribution in [2.24, 2.45) is 11.3 Å². The molecule has 0 aliphatic carbocycles. The third-order valence-electron chi connectivity index (χ3n) is 3.30. The number of rotatable bonds is 4. The van der Waals surface area contributed by atoms with Crippen LogP contribution in [0, 0.1) is 11.3 Å². The zero-order valence-electron chi connectivity index (χ0n) is 9.23. The van der Waals surface area contributed by atoms with Crippen molar-refractivity contribution in [3.05, 3.63) is 0 Å². The molecule has 1 aliphatic rings. The van der Waals surface area contributed by atoms with Gasteiger partial charge in [-0.05, 0) is 25.3 Å². The molecule has 0 radical (unpaired) electrons. The molecule has 1 N–H and O–H groups in total. The van der Waals surface area contributed by atoms with Crippen LogP contribution in [0.3, 0.4) is 0 Å². The van der Waals surface area contributed by atoms with E-state index in [1.54, 1.807) is 0 Å². The minimum Gasteiger partial charge on any atom is -0.381 e. The highest BCUT2D eigenvalue weighted by molar-refractivity contribution is 4.86. The molecular weight excluding hydrogens is 162 g/mol. The standard InChI is InChI=1S/C11H23NO/c1-4-12-8-11(10(2)3)6-5-7-13-9-11/h10,12H,4-9H2,1-3H3. The highest BCUT2D eigenvalue weighted by Crippen LogP contribution is 2.35. The lowest BCUT2D eigenvalue weighted by molar-refractivity contribution is -0.0330. The van der Waals surface area contributed by atoms with Crippen molar-refractivity contribution in [2.75, 3.05) is 26.3 Å². The second-order valence-corrected chi connectivity index (χ2v) is 4.45. The van der Waals surface area contributed by atoms with Gasteiger partial charge in [0.15, 0.2) is 0 Å². The monoisotopic (exact) mass is 185 g/mol. The molecule has 0 spiro atoms. The van der Waals surface area contributed by atoms with Gasteiger partial charge in [-0.15, -0.1) is 0 Å². The van der Waals surface area contributed by atoms with Crippen LogP contribution in [0.2, 0.25) is 0 Å². The van der Waals surface area contributed by atoms with E-state index in [1.807, 2.05) is 0 Å². The van der Waals surface area contributed by atoms with Crippen LogP contribution in [0.5, 0.6) is 0 Å². The average Bonchev–Trinajstić information content (AvgIpc) is 2.16. The van der Waals surface area contributed by atoms with Gasteiger partial charge >= 0.3 is 0 Å². The summed E-state index contributed by atoms with van der Waals surface area (Å²) in [7, 11) is 0. The molecule has 0 bridgehead atoms. The van der Waals surface area contributed by atoms with Gasteiger partial charge in [0, 0.05) is 18.6 Å². The Labute approximate surface area is 82.0 Å². The third-order valence-corrected chi connectivity index (χ3v) is 3.30. The Bertz CT molecular complexity index is 139. The summed E-state index contributed by atoms with van der Waals surface area (Å²) >= 11 is 0. The fourth-order valence-corrected chi connectivity index (χ4v) is 2.05. The smallest absolute Gasteiger partial charge is 0.0537 e. The van der Waals surface area contributed by atoms with Gasteiger partial charge in [0.25, 0.3) is 0 Å². The van der Waals surface area contributed by atoms with Gasteiger partial charge in [0.05, 0.1) is 6.61 Å². The van der Waals surface area contributed by atoms with Crippen LogP contribution in [0.25, 0.3) is 0 Å². The molecule has 1 unspecified atom stereocenters. The Morgan fingerprint density at radius 1 is 1.46 bits per heavy atom. The molecule has 1 rings (SSSR count). The molecular formula is C11H23NO. The predicted molar refractivity (Wildman–Crippen MR) is 55.9 cm³/mol. The molecule has 0 amide bonds. The molecule has 1 saturated heterocycles. The first-order chi connectivity index (χ1) is 6.21. The van der Waals surface area contributed by atoms with Gasteiger partial charge in [-0.25, -0.2) is 0 Å². The normalized spacial score (nSPS) is 29.5. The summed E-state index contributed by atoms with van der Waals surface area (Å²) < 4.78 is 5.60. The third kappa shape index (κ3) is 2.68. The summed E-state index contributed by atoms with van der Waals surface area (Å²) in [6, 6.07) is 0. The molecule has 0 aromatic heterocycles. The Balaban J connectivity index is 2.51. The Kier molecular flexibility index (Phi) is 4.20. The van der Waals surface area contributed by atoms with Crippen molar-refractivity contribution in [3.63, 3.8) is 0 Å². The van der Waals surface area contributed by atoms with Crippen molar-refractivity contribution < 1.29 is 4.74 Å². The van der Waals surface area contributed by atoms with Gasteiger partial charge in [0.1, 0.15) is 0 Å². The maximum atomic E-state index is 5.60. The maximum Gasteiger partial charge on any atom is 0.0537 e. The van der Waals surface area contributed by atoms with E-state index >= 15 is 0 Å². The summed E-state index contributed by atoms with van der Waals surface area (Å²) in [6.07, 6.45) is 2.54. The largest absolute Gasteiger partial charge is 0.381 e. The molecule has 0 aromatic rings. The highest BCUT2D eigenvalue weighted by atomic mass is 16.5. The first-order valence-electron chi connectivity index (χ1n) is 5.50. The molecule has 2 nitrogen and oxygen atoms in total. The molecule has 0 saturated carbocycles. The topological polar surface area (TPSA) is 21.3 Å². The van der Waals surface area contributed by atoms with Gasteiger partial charge in [0.2, 0.25) is 0 Å². The van der Waals surface area contributed by atoms with Crippen molar-refractivity contribution >= 4 is 0 Å². The summed E-state index contributed by atoms with van der Waals surface area (Å²) in [5.41, 5.74) is 0.397. The summed E-state index contributed by atoms with van der Waals surface area (Å²) in [4.78, 5) is 0. The van der Waals surface area contributed by atoms with Crippen LogP contribution in [-0.2, 0) is 4.74 Å². The molecule has 1 heterocycles. The Hall–Kier alpha value is -0.0800. The van der Waals surface area contributed by atoms with E-state index in [0.29, 0.717) is 11.3 Å². The van der Waals surface area contributed by atoms with Crippen molar-refractivity contribution in [1.29, 1.82) is 0 Å². The molecule has 1 fully saturated rings. The summed E-state index contributed by atoms with van der Waals surface area (Å²) in [5.74, 6) is 0.715. The van der Waals surface area contributed by atoms with Gasteiger partial charge in [-0.1, -0.05) is 20.8 Å². The minimum atomic E-state index is 0.397. The van der Waals surface area contributed by atoms with Crippen molar-refractivity contribution in [1.82, 2.24) is 5.32 Å². The van der Waals surface area contributed by atoms with Crippen LogP contribution in [0.1, 0.15) is 33.6 Å². The number of ether oxygens (including phenoxy) is 1. The second kappa shape index (κ2) is 4.97. The number of hydrogen-bond donors (Lipinski definition) is 1. The first-order valence-corrected chi connectivity index (χ1v) is 5.50. The van der Waals surface area contributed by atoms with E-state index in [4.69, 9.17) is 4.74 Å². The van der Waals surface area contributed by atoms with E-state index in [-0.39, 0.29) is 0 Å². The van der Waals surface area contributed by atoms with E-state index in [0.717, 1.165) is 26.3 Å². The van der Waals surface area contributed by atoms with Crippen LogP contribution in [-0.4, -0.2) is 26.3 Å². The number of nitrogens with one attached hydrogen (secondary N) is 1.